The molecule has 0 spiro atoms. The number of fused-ring (bicyclic) bond motifs is 2. The first-order chi connectivity index (χ1) is 8.93. The Balaban J connectivity index is 0.000000111. The number of para-hydroxylation sites is 2. The number of rotatable bonds is 0. The molecule has 0 radical (unpaired) electrons. The fourth-order valence-electron chi connectivity index (χ4n) is 1.64. The van der Waals surface area contributed by atoms with Crippen molar-refractivity contribution in [3.8, 4) is 0 Å². The van der Waals surface area contributed by atoms with Gasteiger partial charge in [-0.15, -0.1) is 0 Å². The molecule has 0 amide bonds. The van der Waals surface area contributed by atoms with E-state index >= 15 is 0 Å². The van der Waals surface area contributed by atoms with Gasteiger partial charge in [-0.1, -0.05) is 12.1 Å². The second-order valence-electron chi connectivity index (χ2n) is 3.67. The fourth-order valence-corrected chi connectivity index (χ4v) is 1.64. The number of benzene rings is 1. The summed E-state index contributed by atoms with van der Waals surface area (Å²) in [7, 11) is 0. The van der Waals surface area contributed by atoms with Gasteiger partial charge in [0.05, 0.1) is 17.4 Å². The summed E-state index contributed by atoms with van der Waals surface area (Å²) < 4.78 is 1.72. The lowest BCUT2D eigenvalue weighted by atomic mass is 10.3. The summed E-state index contributed by atoms with van der Waals surface area (Å²) in [6.45, 7) is 0. The third kappa shape index (κ3) is 2.06. The van der Waals surface area contributed by atoms with Gasteiger partial charge in [-0.25, -0.2) is 14.5 Å². The smallest absolute Gasteiger partial charge is 0.153 e. The van der Waals surface area contributed by atoms with Crippen LogP contribution in [0.15, 0.2) is 61.3 Å². The zero-order valence-electron chi connectivity index (χ0n) is 9.56. The Morgan fingerprint density at radius 2 is 1.89 bits per heavy atom. The Morgan fingerprint density at radius 1 is 0.944 bits per heavy atom. The molecule has 0 saturated carbocycles. The summed E-state index contributed by atoms with van der Waals surface area (Å²) in [4.78, 5) is 11.1. The van der Waals surface area contributed by atoms with Gasteiger partial charge in [-0.2, -0.15) is 5.10 Å². The van der Waals surface area contributed by atoms with Crippen LogP contribution in [-0.4, -0.2) is 24.6 Å². The molecule has 0 unspecified atom stereocenters. The Morgan fingerprint density at radius 3 is 2.78 bits per heavy atom. The summed E-state index contributed by atoms with van der Waals surface area (Å²) >= 11 is 0. The number of hydrogen-bond acceptors (Lipinski definition) is 3. The van der Waals surface area contributed by atoms with Crippen LogP contribution < -0.4 is 0 Å². The molecule has 0 saturated heterocycles. The van der Waals surface area contributed by atoms with E-state index in [9.17, 15) is 0 Å². The highest BCUT2D eigenvalue weighted by molar-refractivity contribution is 5.73. The second kappa shape index (κ2) is 4.67. The maximum Gasteiger partial charge on any atom is 0.153 e. The van der Waals surface area contributed by atoms with Gasteiger partial charge in [-0.05, 0) is 24.3 Å². The summed E-state index contributed by atoms with van der Waals surface area (Å²) in [6.07, 6.45) is 6.97. The number of H-pyrrole nitrogens is 1. The highest BCUT2D eigenvalue weighted by Crippen LogP contribution is 2.05. The summed E-state index contributed by atoms with van der Waals surface area (Å²) in [5, 5.41) is 4.00. The number of imidazole rings is 2. The van der Waals surface area contributed by atoms with E-state index in [1.54, 1.807) is 23.2 Å². The van der Waals surface area contributed by atoms with Crippen LogP contribution in [0.25, 0.3) is 16.7 Å². The molecule has 0 fully saturated rings. The van der Waals surface area contributed by atoms with Gasteiger partial charge in [-0.3, -0.25) is 0 Å². The number of aromatic amines is 1. The first kappa shape index (κ1) is 10.5. The minimum Gasteiger partial charge on any atom is -0.345 e. The standard InChI is InChI=1S/C7H6N2.C6H5N3/c1-2-4-7-6(3-1)8-5-9-7;1-2-6-7-4-5-9(6)8-3-1/h1-5H,(H,8,9);1-5H. The fraction of sp³-hybridized carbons (Fsp3) is 0. The quantitative estimate of drug-likeness (QED) is 0.510. The van der Waals surface area contributed by atoms with Crippen molar-refractivity contribution < 1.29 is 0 Å². The average molecular weight is 237 g/mol. The minimum absolute atomic E-state index is 0.887. The van der Waals surface area contributed by atoms with Gasteiger partial charge >= 0.3 is 0 Å². The van der Waals surface area contributed by atoms with Crippen LogP contribution in [-0.2, 0) is 0 Å². The molecule has 4 rings (SSSR count). The van der Waals surface area contributed by atoms with Crippen LogP contribution in [0, 0.1) is 0 Å². The van der Waals surface area contributed by atoms with Crippen LogP contribution in [0.1, 0.15) is 0 Å². The van der Waals surface area contributed by atoms with Crippen molar-refractivity contribution in [3.63, 3.8) is 0 Å². The molecule has 3 aromatic heterocycles. The summed E-state index contributed by atoms with van der Waals surface area (Å²) in [5.41, 5.74) is 3.01. The lowest BCUT2D eigenvalue weighted by molar-refractivity contribution is 0.936. The zero-order chi connectivity index (χ0) is 12.2. The van der Waals surface area contributed by atoms with Crippen molar-refractivity contribution in [1.29, 1.82) is 0 Å². The Bertz CT molecular complexity index is 629. The largest absolute Gasteiger partial charge is 0.345 e. The number of nitrogens with zero attached hydrogens (tertiary/aromatic N) is 4. The molecule has 1 aromatic carbocycles. The predicted octanol–water partition coefficient (Wildman–Crippen LogP) is 2.29. The number of nitrogens with one attached hydrogen (secondary N) is 1. The van der Waals surface area contributed by atoms with Gasteiger partial charge in [0.2, 0.25) is 0 Å². The first-order valence-corrected chi connectivity index (χ1v) is 5.56. The van der Waals surface area contributed by atoms with Crippen LogP contribution >= 0.6 is 0 Å². The van der Waals surface area contributed by atoms with Crippen molar-refractivity contribution in [2.45, 2.75) is 0 Å². The molecule has 5 heteroatoms. The Kier molecular flexibility index (Phi) is 2.71. The van der Waals surface area contributed by atoms with Crippen LogP contribution in [0.3, 0.4) is 0 Å². The number of aromatic nitrogens is 5. The molecule has 1 N–H and O–H groups in total. The van der Waals surface area contributed by atoms with Crippen LogP contribution in [0.2, 0.25) is 0 Å². The number of hydrogen-bond donors (Lipinski definition) is 1. The summed E-state index contributed by atoms with van der Waals surface area (Å²) in [5.74, 6) is 0. The highest BCUT2D eigenvalue weighted by Gasteiger charge is 1.88. The maximum atomic E-state index is 4.06. The van der Waals surface area contributed by atoms with E-state index in [4.69, 9.17) is 0 Å². The van der Waals surface area contributed by atoms with Crippen molar-refractivity contribution in [2.75, 3.05) is 0 Å². The third-order valence-electron chi connectivity index (χ3n) is 2.50. The SMILES string of the molecule is c1ccc2[nH]cnc2c1.c1cnn2ccnc2c1. The molecule has 88 valence electrons. The van der Waals surface area contributed by atoms with Gasteiger partial charge in [0, 0.05) is 18.6 Å². The monoisotopic (exact) mass is 237 g/mol. The predicted molar refractivity (Wildman–Crippen MR) is 69.1 cm³/mol. The topological polar surface area (TPSA) is 58.9 Å². The zero-order valence-corrected chi connectivity index (χ0v) is 9.56. The van der Waals surface area contributed by atoms with E-state index < -0.39 is 0 Å². The molecule has 5 nitrogen and oxygen atoms in total. The van der Waals surface area contributed by atoms with Gasteiger partial charge < -0.3 is 4.98 Å². The molecule has 0 aliphatic carbocycles. The van der Waals surface area contributed by atoms with Gasteiger partial charge in [0.25, 0.3) is 0 Å². The first-order valence-electron chi connectivity index (χ1n) is 5.56. The van der Waals surface area contributed by atoms with E-state index in [0.29, 0.717) is 0 Å². The molecular weight excluding hydrogens is 226 g/mol. The van der Waals surface area contributed by atoms with Crippen LogP contribution in [0.5, 0.6) is 0 Å². The van der Waals surface area contributed by atoms with E-state index in [1.807, 2.05) is 42.6 Å². The molecule has 3 heterocycles. The van der Waals surface area contributed by atoms with Gasteiger partial charge in [0.15, 0.2) is 5.65 Å². The maximum absolute atomic E-state index is 4.06. The van der Waals surface area contributed by atoms with Crippen LogP contribution in [0.4, 0.5) is 0 Å². The Hall–Kier alpha value is -2.69. The van der Waals surface area contributed by atoms with Crippen molar-refractivity contribution in [3.05, 3.63) is 61.3 Å². The van der Waals surface area contributed by atoms with E-state index in [2.05, 4.69) is 20.1 Å². The molecule has 0 aliphatic rings. The molecule has 4 aromatic rings. The van der Waals surface area contributed by atoms with Crippen molar-refractivity contribution in [2.24, 2.45) is 0 Å². The third-order valence-corrected chi connectivity index (χ3v) is 2.50. The lowest BCUT2D eigenvalue weighted by Gasteiger charge is -1.85. The molecule has 18 heavy (non-hydrogen) atoms. The van der Waals surface area contributed by atoms with Gasteiger partial charge in [0.1, 0.15) is 0 Å². The normalized spacial score (nSPS) is 10.2. The van der Waals surface area contributed by atoms with E-state index in [-0.39, 0.29) is 0 Å². The Labute approximate surface area is 103 Å². The highest BCUT2D eigenvalue weighted by atomic mass is 15.2. The van der Waals surface area contributed by atoms with Crippen molar-refractivity contribution >= 4 is 16.7 Å². The molecule has 0 bridgehead atoms. The van der Waals surface area contributed by atoms with Crippen molar-refractivity contribution in [1.82, 2.24) is 24.6 Å². The van der Waals surface area contributed by atoms with E-state index in [1.165, 1.54) is 0 Å². The van der Waals surface area contributed by atoms with E-state index in [0.717, 1.165) is 16.7 Å². The molecule has 0 aliphatic heterocycles. The average Bonchev–Trinajstić information content (AvgIpc) is 3.08. The second-order valence-corrected chi connectivity index (χ2v) is 3.67. The summed E-state index contributed by atoms with van der Waals surface area (Å²) in [6, 6.07) is 11.7. The molecule has 0 atom stereocenters. The molecular formula is C13H11N5. The lowest BCUT2D eigenvalue weighted by Crippen LogP contribution is -1.85. The minimum atomic E-state index is 0.887.